The minimum atomic E-state index is -0.540. The summed E-state index contributed by atoms with van der Waals surface area (Å²) in [5.41, 5.74) is -0.540. The summed E-state index contributed by atoms with van der Waals surface area (Å²) in [6, 6.07) is 1.52. The van der Waals surface area contributed by atoms with Crippen LogP contribution in [0.2, 0.25) is 0 Å². The Morgan fingerprint density at radius 2 is 2.22 bits per heavy atom. The van der Waals surface area contributed by atoms with E-state index in [1.165, 1.54) is 16.2 Å². The van der Waals surface area contributed by atoms with Crippen molar-refractivity contribution in [2.75, 3.05) is 13.7 Å². The molecule has 0 aromatic carbocycles. The topological polar surface area (TPSA) is 49.8 Å². The molecule has 1 aromatic heterocycles. The molecule has 0 aliphatic rings. The number of halogens is 1. The van der Waals surface area contributed by atoms with Crippen LogP contribution in [0.3, 0.4) is 0 Å². The molecule has 0 radical (unpaired) electrons. The molecule has 6 heteroatoms. The van der Waals surface area contributed by atoms with E-state index in [0.29, 0.717) is 0 Å². The first kappa shape index (κ1) is 15.5. The molecule has 1 aromatic rings. The van der Waals surface area contributed by atoms with E-state index in [9.17, 15) is 9.90 Å². The lowest BCUT2D eigenvalue weighted by atomic mass is 10.2. The van der Waals surface area contributed by atoms with Crippen molar-refractivity contribution in [3.63, 3.8) is 0 Å². The molecule has 1 atom stereocenters. The smallest absolute Gasteiger partial charge is 0.410 e. The summed E-state index contributed by atoms with van der Waals surface area (Å²) in [6.45, 7) is 5.31. The van der Waals surface area contributed by atoms with Gasteiger partial charge in [0.25, 0.3) is 0 Å². The van der Waals surface area contributed by atoms with Gasteiger partial charge in [0.15, 0.2) is 0 Å². The number of hydrogen-bond donors (Lipinski definition) is 1. The number of aliphatic hydroxyl groups excluding tert-OH is 1. The Hall–Kier alpha value is -0.590. The van der Waals surface area contributed by atoms with Crippen molar-refractivity contribution in [2.24, 2.45) is 0 Å². The van der Waals surface area contributed by atoms with E-state index < -0.39 is 11.7 Å². The molecular weight excluding hydrogens is 318 g/mol. The van der Waals surface area contributed by atoms with Crippen LogP contribution in [-0.4, -0.2) is 35.4 Å². The summed E-state index contributed by atoms with van der Waals surface area (Å²) in [4.78, 5) is 14.3. The highest BCUT2D eigenvalue weighted by Gasteiger charge is 2.26. The third-order valence-electron chi connectivity index (χ3n) is 2.24. The number of ether oxygens (including phenoxy) is 1. The number of carbonyl (C=O) groups excluding carboxylic acids is 1. The Labute approximate surface area is 120 Å². The number of likely N-dealkylation sites (N-methyl/N-ethyl adjacent to an activating group) is 1. The van der Waals surface area contributed by atoms with Crippen LogP contribution in [0, 0.1) is 0 Å². The van der Waals surface area contributed by atoms with Crippen LogP contribution in [0.4, 0.5) is 4.79 Å². The van der Waals surface area contributed by atoms with E-state index in [1.54, 1.807) is 7.05 Å². The molecule has 4 nitrogen and oxygen atoms in total. The molecule has 0 fully saturated rings. The van der Waals surface area contributed by atoms with Crippen LogP contribution in [0.25, 0.3) is 0 Å². The first-order valence-corrected chi connectivity index (χ1v) is 7.22. The summed E-state index contributed by atoms with van der Waals surface area (Å²) >= 11 is 4.85. The summed E-state index contributed by atoms with van der Waals surface area (Å²) in [5.74, 6) is 0. The highest BCUT2D eigenvalue weighted by atomic mass is 79.9. The maximum Gasteiger partial charge on any atom is 0.410 e. The number of nitrogens with zero attached hydrogens (tertiary/aromatic N) is 1. The fraction of sp³-hybridized carbons (Fsp3) is 0.583. The monoisotopic (exact) mass is 335 g/mol. The number of rotatable bonds is 3. The molecule has 1 unspecified atom stereocenters. The van der Waals surface area contributed by atoms with E-state index in [4.69, 9.17) is 4.74 Å². The second kappa shape index (κ2) is 6.04. The second-order valence-corrected chi connectivity index (χ2v) is 6.82. The van der Waals surface area contributed by atoms with E-state index in [2.05, 4.69) is 15.9 Å². The lowest BCUT2D eigenvalue weighted by Crippen LogP contribution is -2.37. The molecule has 0 aliphatic heterocycles. The largest absolute Gasteiger partial charge is 0.444 e. The summed E-state index contributed by atoms with van der Waals surface area (Å²) in [5, 5.41) is 11.4. The van der Waals surface area contributed by atoms with Crippen molar-refractivity contribution in [2.45, 2.75) is 32.4 Å². The van der Waals surface area contributed by atoms with Gasteiger partial charge in [-0.15, -0.1) is 11.3 Å². The minimum Gasteiger partial charge on any atom is -0.444 e. The van der Waals surface area contributed by atoms with Crippen molar-refractivity contribution in [3.8, 4) is 0 Å². The molecule has 1 N–H and O–H groups in total. The summed E-state index contributed by atoms with van der Waals surface area (Å²) < 4.78 is 6.22. The van der Waals surface area contributed by atoms with Crippen molar-refractivity contribution in [3.05, 3.63) is 20.8 Å². The first-order valence-electron chi connectivity index (χ1n) is 5.55. The molecule has 1 heterocycles. The zero-order valence-electron chi connectivity index (χ0n) is 10.9. The Morgan fingerprint density at radius 1 is 1.61 bits per heavy atom. The molecule has 0 saturated heterocycles. The lowest BCUT2D eigenvalue weighted by Gasteiger charge is -2.29. The summed E-state index contributed by atoms with van der Waals surface area (Å²) in [7, 11) is 1.63. The lowest BCUT2D eigenvalue weighted by molar-refractivity contribution is 0.0163. The van der Waals surface area contributed by atoms with E-state index in [1.807, 2.05) is 32.2 Å². The molecule has 1 rings (SSSR count). The normalized spacial score (nSPS) is 13.2. The SMILES string of the molecule is CN(C(=O)OC(C)(C)C)C(CO)c1cc(Br)cs1. The Bertz CT molecular complexity index is 414. The maximum atomic E-state index is 11.9. The number of hydrogen-bond acceptors (Lipinski definition) is 4. The Kier molecular flexibility index (Phi) is 5.19. The number of amides is 1. The van der Waals surface area contributed by atoms with Gasteiger partial charge in [-0.2, -0.15) is 0 Å². The zero-order valence-corrected chi connectivity index (χ0v) is 13.3. The van der Waals surface area contributed by atoms with Gasteiger partial charge in [-0.25, -0.2) is 4.79 Å². The van der Waals surface area contributed by atoms with Gasteiger partial charge in [0.2, 0.25) is 0 Å². The first-order chi connectivity index (χ1) is 8.24. The predicted octanol–water partition coefficient (Wildman–Crippen LogP) is 3.41. The zero-order chi connectivity index (χ0) is 13.9. The van der Waals surface area contributed by atoms with Crippen LogP contribution in [0.15, 0.2) is 15.9 Å². The van der Waals surface area contributed by atoms with Crippen LogP contribution in [-0.2, 0) is 4.74 Å². The average Bonchev–Trinajstić information content (AvgIpc) is 2.63. The van der Waals surface area contributed by atoms with Crippen LogP contribution in [0.1, 0.15) is 31.7 Å². The van der Waals surface area contributed by atoms with Gasteiger partial charge in [-0.05, 0) is 42.8 Å². The third-order valence-corrected chi connectivity index (χ3v) is 4.03. The highest BCUT2D eigenvalue weighted by Crippen LogP contribution is 2.29. The molecule has 18 heavy (non-hydrogen) atoms. The predicted molar refractivity (Wildman–Crippen MR) is 75.8 cm³/mol. The molecule has 0 spiro atoms. The summed E-state index contributed by atoms with van der Waals surface area (Å²) in [6.07, 6.45) is -0.439. The molecule has 0 saturated carbocycles. The molecule has 0 bridgehead atoms. The van der Waals surface area contributed by atoms with Gasteiger partial charge in [-0.1, -0.05) is 0 Å². The van der Waals surface area contributed by atoms with Gasteiger partial charge in [0, 0.05) is 21.8 Å². The van der Waals surface area contributed by atoms with Gasteiger partial charge >= 0.3 is 6.09 Å². The van der Waals surface area contributed by atoms with Crippen molar-refractivity contribution < 1.29 is 14.6 Å². The van der Waals surface area contributed by atoms with E-state index >= 15 is 0 Å². The van der Waals surface area contributed by atoms with Gasteiger partial charge < -0.3 is 14.7 Å². The quantitative estimate of drug-likeness (QED) is 0.920. The Morgan fingerprint density at radius 3 is 2.61 bits per heavy atom. The molecule has 0 aliphatic carbocycles. The fourth-order valence-electron chi connectivity index (χ4n) is 1.37. The maximum absolute atomic E-state index is 11.9. The second-order valence-electron chi connectivity index (χ2n) is 4.96. The standard InChI is InChI=1S/C12H18BrNO3S/c1-12(2,3)17-11(16)14(4)9(6-15)10-5-8(13)7-18-10/h5,7,9,15H,6H2,1-4H3. The number of carbonyl (C=O) groups is 1. The van der Waals surface area contributed by atoms with Gasteiger partial charge in [0.1, 0.15) is 5.60 Å². The minimum absolute atomic E-state index is 0.136. The number of thiophene rings is 1. The molecule has 102 valence electrons. The van der Waals surface area contributed by atoms with Gasteiger partial charge in [0.05, 0.1) is 12.6 Å². The Balaban J connectivity index is 2.80. The highest BCUT2D eigenvalue weighted by molar-refractivity contribution is 9.10. The molecular formula is C12H18BrNO3S. The van der Waals surface area contributed by atoms with Crippen molar-refractivity contribution in [1.82, 2.24) is 4.90 Å². The van der Waals surface area contributed by atoms with Crippen LogP contribution in [0.5, 0.6) is 0 Å². The van der Waals surface area contributed by atoms with Crippen molar-refractivity contribution in [1.29, 1.82) is 0 Å². The van der Waals surface area contributed by atoms with E-state index in [-0.39, 0.29) is 12.6 Å². The average molecular weight is 336 g/mol. The van der Waals surface area contributed by atoms with Gasteiger partial charge in [-0.3, -0.25) is 0 Å². The number of aliphatic hydroxyl groups is 1. The van der Waals surface area contributed by atoms with Crippen LogP contribution >= 0.6 is 27.3 Å². The fourth-order valence-corrected chi connectivity index (χ4v) is 2.95. The van der Waals surface area contributed by atoms with Crippen molar-refractivity contribution >= 4 is 33.4 Å². The van der Waals surface area contributed by atoms with Crippen LogP contribution < -0.4 is 0 Å². The van der Waals surface area contributed by atoms with E-state index in [0.717, 1.165) is 9.35 Å². The third kappa shape index (κ3) is 4.26. The molecule has 1 amide bonds.